The number of rotatable bonds is 2. The van der Waals surface area contributed by atoms with Gasteiger partial charge in [0, 0.05) is 24.2 Å². The van der Waals surface area contributed by atoms with Gasteiger partial charge >= 0.3 is 0 Å². The average Bonchev–Trinajstić information content (AvgIpc) is 2.48. The van der Waals surface area contributed by atoms with Gasteiger partial charge in [-0.2, -0.15) is 0 Å². The SMILES string of the molecule is Nc1ccc([C@@H]2CCNC(=O)C2)cc1-c1ccccc1. The lowest BCUT2D eigenvalue weighted by molar-refractivity contribution is -0.122. The van der Waals surface area contributed by atoms with Gasteiger partial charge < -0.3 is 11.1 Å². The zero-order chi connectivity index (χ0) is 13.9. The maximum Gasteiger partial charge on any atom is 0.220 e. The number of carbonyl (C=O) groups is 1. The van der Waals surface area contributed by atoms with Crippen LogP contribution >= 0.6 is 0 Å². The Labute approximate surface area is 118 Å². The van der Waals surface area contributed by atoms with Gasteiger partial charge in [0.15, 0.2) is 0 Å². The highest BCUT2D eigenvalue weighted by Crippen LogP contribution is 2.32. The molecule has 1 heterocycles. The molecular weight excluding hydrogens is 248 g/mol. The first kappa shape index (κ1) is 12.7. The molecule has 0 saturated carbocycles. The number of nitrogen functional groups attached to an aromatic ring is 1. The van der Waals surface area contributed by atoms with Crippen molar-refractivity contribution in [2.24, 2.45) is 0 Å². The van der Waals surface area contributed by atoms with Gasteiger partial charge in [-0.15, -0.1) is 0 Å². The fraction of sp³-hybridized carbons (Fsp3) is 0.235. The summed E-state index contributed by atoms with van der Waals surface area (Å²) in [5.41, 5.74) is 10.2. The summed E-state index contributed by atoms with van der Waals surface area (Å²) in [6, 6.07) is 16.3. The van der Waals surface area contributed by atoms with Gasteiger partial charge in [0.1, 0.15) is 0 Å². The van der Waals surface area contributed by atoms with E-state index in [1.165, 1.54) is 5.56 Å². The highest BCUT2D eigenvalue weighted by Gasteiger charge is 2.21. The van der Waals surface area contributed by atoms with Crippen molar-refractivity contribution in [3.63, 3.8) is 0 Å². The van der Waals surface area contributed by atoms with Crippen LogP contribution in [-0.2, 0) is 4.79 Å². The van der Waals surface area contributed by atoms with Crippen LogP contribution < -0.4 is 11.1 Å². The maximum absolute atomic E-state index is 11.5. The molecule has 3 N–H and O–H groups in total. The summed E-state index contributed by atoms with van der Waals surface area (Å²) >= 11 is 0. The summed E-state index contributed by atoms with van der Waals surface area (Å²) in [4.78, 5) is 11.5. The van der Waals surface area contributed by atoms with Crippen molar-refractivity contribution in [2.45, 2.75) is 18.8 Å². The van der Waals surface area contributed by atoms with Gasteiger partial charge in [0.25, 0.3) is 0 Å². The second-order valence-electron chi connectivity index (χ2n) is 5.25. The first-order chi connectivity index (χ1) is 9.74. The van der Waals surface area contributed by atoms with E-state index in [0.29, 0.717) is 12.3 Å². The van der Waals surface area contributed by atoms with E-state index in [2.05, 4.69) is 23.5 Å². The number of anilines is 1. The number of hydrogen-bond acceptors (Lipinski definition) is 2. The molecule has 0 bridgehead atoms. The fourth-order valence-corrected chi connectivity index (χ4v) is 2.76. The van der Waals surface area contributed by atoms with Crippen molar-refractivity contribution in [1.29, 1.82) is 0 Å². The molecule has 1 fully saturated rings. The zero-order valence-electron chi connectivity index (χ0n) is 11.3. The third kappa shape index (κ3) is 2.52. The molecule has 0 radical (unpaired) electrons. The topological polar surface area (TPSA) is 55.1 Å². The lowest BCUT2D eigenvalue weighted by atomic mass is 9.87. The Morgan fingerprint density at radius 1 is 1.10 bits per heavy atom. The van der Waals surface area contributed by atoms with Crippen molar-refractivity contribution >= 4 is 11.6 Å². The summed E-state index contributed by atoms with van der Waals surface area (Å²) < 4.78 is 0. The monoisotopic (exact) mass is 266 g/mol. The fourth-order valence-electron chi connectivity index (χ4n) is 2.76. The summed E-state index contributed by atoms with van der Waals surface area (Å²) in [5.74, 6) is 0.436. The minimum atomic E-state index is 0.138. The molecule has 3 heteroatoms. The maximum atomic E-state index is 11.5. The van der Waals surface area contributed by atoms with Crippen molar-refractivity contribution in [3.8, 4) is 11.1 Å². The minimum absolute atomic E-state index is 0.138. The van der Waals surface area contributed by atoms with E-state index < -0.39 is 0 Å². The van der Waals surface area contributed by atoms with E-state index >= 15 is 0 Å². The van der Waals surface area contributed by atoms with Crippen molar-refractivity contribution in [3.05, 3.63) is 54.1 Å². The van der Waals surface area contributed by atoms with Crippen molar-refractivity contribution < 1.29 is 4.79 Å². The summed E-state index contributed by atoms with van der Waals surface area (Å²) in [6.07, 6.45) is 1.56. The van der Waals surface area contributed by atoms with Crippen LogP contribution in [0.3, 0.4) is 0 Å². The molecule has 1 atom stereocenters. The zero-order valence-corrected chi connectivity index (χ0v) is 11.3. The minimum Gasteiger partial charge on any atom is -0.398 e. The molecular formula is C17H18N2O. The Balaban J connectivity index is 1.96. The number of nitrogens with one attached hydrogen (secondary N) is 1. The lowest BCUT2D eigenvalue weighted by Crippen LogP contribution is -2.32. The second kappa shape index (κ2) is 5.37. The molecule has 0 unspecified atom stereocenters. The van der Waals surface area contributed by atoms with Gasteiger partial charge in [-0.3, -0.25) is 4.79 Å². The van der Waals surface area contributed by atoms with Crippen LogP contribution in [0.1, 0.15) is 24.3 Å². The van der Waals surface area contributed by atoms with Crippen LogP contribution in [0.4, 0.5) is 5.69 Å². The van der Waals surface area contributed by atoms with Gasteiger partial charge in [0.05, 0.1) is 0 Å². The van der Waals surface area contributed by atoms with Crippen LogP contribution in [0.2, 0.25) is 0 Å². The molecule has 0 aliphatic carbocycles. The molecule has 1 aliphatic rings. The smallest absolute Gasteiger partial charge is 0.220 e. The lowest BCUT2D eigenvalue weighted by Gasteiger charge is -2.23. The van der Waals surface area contributed by atoms with E-state index in [0.717, 1.165) is 29.8 Å². The quantitative estimate of drug-likeness (QED) is 0.821. The largest absolute Gasteiger partial charge is 0.398 e. The second-order valence-corrected chi connectivity index (χ2v) is 5.25. The molecule has 0 spiro atoms. The molecule has 1 amide bonds. The number of nitrogens with two attached hydrogens (primary N) is 1. The Bertz CT molecular complexity index is 622. The predicted octanol–water partition coefficient (Wildman–Crippen LogP) is 2.93. The molecule has 20 heavy (non-hydrogen) atoms. The van der Waals surface area contributed by atoms with Crippen LogP contribution in [0, 0.1) is 0 Å². The first-order valence-corrected chi connectivity index (χ1v) is 6.95. The van der Waals surface area contributed by atoms with Gasteiger partial charge in [-0.05, 0) is 35.6 Å². The Kier molecular flexibility index (Phi) is 3.42. The number of piperidine rings is 1. The third-order valence-electron chi connectivity index (χ3n) is 3.88. The summed E-state index contributed by atoms with van der Waals surface area (Å²) in [5, 5.41) is 2.88. The molecule has 102 valence electrons. The van der Waals surface area contributed by atoms with Crippen LogP contribution in [0.5, 0.6) is 0 Å². The Hall–Kier alpha value is -2.29. The van der Waals surface area contributed by atoms with Crippen LogP contribution in [0.25, 0.3) is 11.1 Å². The van der Waals surface area contributed by atoms with Crippen LogP contribution in [-0.4, -0.2) is 12.5 Å². The number of amides is 1. The molecule has 0 aromatic heterocycles. The van der Waals surface area contributed by atoms with E-state index in [1.807, 2.05) is 30.3 Å². The van der Waals surface area contributed by atoms with E-state index in [9.17, 15) is 4.79 Å². The van der Waals surface area contributed by atoms with Gasteiger partial charge in [0.2, 0.25) is 5.91 Å². The van der Waals surface area contributed by atoms with E-state index in [4.69, 9.17) is 5.73 Å². The number of carbonyl (C=O) groups excluding carboxylic acids is 1. The predicted molar refractivity (Wildman–Crippen MR) is 81.3 cm³/mol. The third-order valence-corrected chi connectivity index (χ3v) is 3.88. The van der Waals surface area contributed by atoms with Crippen molar-refractivity contribution in [1.82, 2.24) is 5.32 Å². The highest BCUT2D eigenvalue weighted by atomic mass is 16.1. The molecule has 3 rings (SSSR count). The van der Waals surface area contributed by atoms with E-state index in [1.54, 1.807) is 0 Å². The number of benzene rings is 2. The normalized spacial score (nSPS) is 18.6. The Morgan fingerprint density at radius 2 is 1.90 bits per heavy atom. The van der Waals surface area contributed by atoms with Gasteiger partial charge in [-0.25, -0.2) is 0 Å². The molecule has 1 saturated heterocycles. The van der Waals surface area contributed by atoms with Crippen molar-refractivity contribution in [2.75, 3.05) is 12.3 Å². The van der Waals surface area contributed by atoms with Crippen LogP contribution in [0.15, 0.2) is 48.5 Å². The first-order valence-electron chi connectivity index (χ1n) is 6.95. The van der Waals surface area contributed by atoms with Gasteiger partial charge in [-0.1, -0.05) is 36.4 Å². The molecule has 1 aliphatic heterocycles. The molecule has 2 aromatic rings. The summed E-state index contributed by atoms with van der Waals surface area (Å²) in [7, 11) is 0. The molecule has 3 nitrogen and oxygen atoms in total. The summed E-state index contributed by atoms with van der Waals surface area (Å²) in [6.45, 7) is 0.758. The number of hydrogen-bond donors (Lipinski definition) is 2. The highest BCUT2D eigenvalue weighted by molar-refractivity contribution is 5.79. The average molecular weight is 266 g/mol. The molecule has 2 aromatic carbocycles. The standard InChI is InChI=1S/C17H18N2O/c18-16-7-6-13(14-8-9-19-17(20)11-14)10-15(16)12-4-2-1-3-5-12/h1-7,10,14H,8-9,11,18H2,(H,19,20)/t14-/m1/s1. The van der Waals surface area contributed by atoms with E-state index in [-0.39, 0.29) is 5.91 Å². The Morgan fingerprint density at radius 3 is 2.65 bits per heavy atom.